The number of Topliss-reactive ketones (excluding diaryl/α,β-unsaturated/α-hetero) is 1. The van der Waals surface area contributed by atoms with Gasteiger partial charge in [0.2, 0.25) is 0 Å². The van der Waals surface area contributed by atoms with E-state index in [1.807, 2.05) is 6.07 Å². The summed E-state index contributed by atoms with van der Waals surface area (Å²) in [5, 5.41) is 10.0. The summed E-state index contributed by atoms with van der Waals surface area (Å²) < 4.78 is 2.22. The Hall–Kier alpha value is -1.86. The van der Waals surface area contributed by atoms with Crippen molar-refractivity contribution in [3.63, 3.8) is 0 Å². The summed E-state index contributed by atoms with van der Waals surface area (Å²) in [5.41, 5.74) is 2.24. The zero-order valence-corrected chi connectivity index (χ0v) is 16.6. The van der Waals surface area contributed by atoms with Gasteiger partial charge in [-0.25, -0.2) is 4.98 Å². The van der Waals surface area contributed by atoms with Gasteiger partial charge in [0.15, 0.2) is 0 Å². The second-order valence-corrected chi connectivity index (χ2v) is 8.92. The highest BCUT2D eigenvalue weighted by atomic mass is 35.5. The number of nitrogens with zero attached hydrogens (tertiary/aromatic N) is 3. The number of imidazole rings is 1. The first-order valence-electron chi connectivity index (χ1n) is 9.41. The Labute approximate surface area is 160 Å². The molecule has 1 aromatic heterocycles. The molecule has 1 fully saturated rings. The lowest BCUT2D eigenvalue weighted by Crippen LogP contribution is -2.20. The number of fused-ring (bicyclic) bond motifs is 1. The Kier molecular flexibility index (Phi) is 5.39. The van der Waals surface area contributed by atoms with Crippen molar-refractivity contribution >= 4 is 28.4 Å². The number of nitriles is 1. The lowest BCUT2D eigenvalue weighted by Gasteiger charge is -2.29. The van der Waals surface area contributed by atoms with Crippen LogP contribution >= 0.6 is 11.6 Å². The smallest absolute Gasteiger partial charge is 0.133 e. The molecule has 0 atom stereocenters. The van der Waals surface area contributed by atoms with Crippen LogP contribution in [0.25, 0.3) is 11.0 Å². The molecule has 0 amide bonds. The van der Waals surface area contributed by atoms with Gasteiger partial charge in [0.05, 0.1) is 21.6 Å². The highest BCUT2D eigenvalue weighted by Crippen LogP contribution is 2.38. The van der Waals surface area contributed by atoms with Crippen molar-refractivity contribution in [2.45, 2.75) is 71.8 Å². The summed E-state index contributed by atoms with van der Waals surface area (Å²) in [6.45, 7) is 6.27. The van der Waals surface area contributed by atoms with Crippen molar-refractivity contribution in [3.05, 3.63) is 28.5 Å². The van der Waals surface area contributed by atoms with Crippen LogP contribution in [0.3, 0.4) is 0 Å². The number of halogens is 1. The maximum absolute atomic E-state index is 12.2. The fraction of sp³-hybridized carbons (Fsp3) is 0.571. The molecule has 5 heteroatoms. The molecule has 0 unspecified atom stereocenters. The molecule has 4 nitrogen and oxygen atoms in total. The molecule has 1 aliphatic carbocycles. The lowest BCUT2D eigenvalue weighted by atomic mass is 9.88. The predicted octanol–water partition coefficient (Wildman–Crippen LogP) is 5.61. The normalized spacial score (nSPS) is 15.0. The minimum Gasteiger partial charge on any atom is -0.324 e. The molecule has 0 radical (unpaired) electrons. The molecular weight excluding hydrogens is 346 g/mol. The van der Waals surface area contributed by atoms with E-state index in [1.54, 1.807) is 6.07 Å². The zero-order chi connectivity index (χ0) is 18.9. The molecule has 3 rings (SSSR count). The van der Waals surface area contributed by atoms with E-state index >= 15 is 0 Å². The zero-order valence-electron chi connectivity index (χ0n) is 15.8. The summed E-state index contributed by atoms with van der Waals surface area (Å²) in [5.74, 6) is 1.29. The van der Waals surface area contributed by atoms with Crippen molar-refractivity contribution in [3.8, 4) is 6.07 Å². The Morgan fingerprint density at radius 1 is 1.38 bits per heavy atom. The van der Waals surface area contributed by atoms with Crippen LogP contribution in [0.15, 0.2) is 12.1 Å². The Bertz CT molecular complexity index is 866. The van der Waals surface area contributed by atoms with E-state index in [-0.39, 0.29) is 5.41 Å². The van der Waals surface area contributed by atoms with Gasteiger partial charge in [-0.1, -0.05) is 32.4 Å². The van der Waals surface area contributed by atoms with Crippen LogP contribution in [0.1, 0.15) is 76.7 Å². The first-order valence-corrected chi connectivity index (χ1v) is 9.79. The molecule has 1 heterocycles. The van der Waals surface area contributed by atoms with Crippen LogP contribution in [-0.4, -0.2) is 15.3 Å². The van der Waals surface area contributed by atoms with E-state index in [1.165, 1.54) is 6.42 Å². The van der Waals surface area contributed by atoms with Crippen LogP contribution in [-0.2, 0) is 11.2 Å². The van der Waals surface area contributed by atoms with Crippen molar-refractivity contribution in [2.75, 3.05) is 0 Å². The molecule has 1 aliphatic rings. The van der Waals surface area contributed by atoms with Crippen molar-refractivity contribution in [2.24, 2.45) is 5.41 Å². The van der Waals surface area contributed by atoms with E-state index in [4.69, 9.17) is 16.6 Å². The number of aryl methyl sites for hydroxylation is 1. The van der Waals surface area contributed by atoms with Gasteiger partial charge in [-0.3, -0.25) is 4.79 Å². The van der Waals surface area contributed by atoms with Gasteiger partial charge in [0.25, 0.3) is 0 Å². The Morgan fingerprint density at radius 2 is 2.12 bits per heavy atom. The average Bonchev–Trinajstić information content (AvgIpc) is 2.83. The SMILES string of the molecule is CC(C)(C)CC(=O)CCCc1nc2ccc(Cl)c(C#N)c2n1C1CCC1. The highest BCUT2D eigenvalue weighted by molar-refractivity contribution is 6.32. The number of carbonyl (C=O) groups is 1. The number of hydrogen-bond donors (Lipinski definition) is 0. The average molecular weight is 372 g/mol. The molecule has 1 saturated carbocycles. The third kappa shape index (κ3) is 3.94. The van der Waals surface area contributed by atoms with Gasteiger partial charge in [0, 0.05) is 25.3 Å². The second kappa shape index (κ2) is 7.40. The van der Waals surface area contributed by atoms with Crippen molar-refractivity contribution < 1.29 is 4.79 Å². The largest absolute Gasteiger partial charge is 0.324 e. The quantitative estimate of drug-likeness (QED) is 0.662. The Balaban J connectivity index is 1.84. The lowest BCUT2D eigenvalue weighted by molar-refractivity contribution is -0.120. The third-order valence-corrected chi connectivity index (χ3v) is 5.32. The topological polar surface area (TPSA) is 58.7 Å². The first-order chi connectivity index (χ1) is 12.3. The molecule has 0 N–H and O–H groups in total. The van der Waals surface area contributed by atoms with Crippen LogP contribution in [0.2, 0.25) is 5.02 Å². The third-order valence-electron chi connectivity index (χ3n) is 5.01. The summed E-state index contributed by atoms with van der Waals surface area (Å²) in [4.78, 5) is 16.9. The van der Waals surface area contributed by atoms with Crippen LogP contribution < -0.4 is 0 Å². The Morgan fingerprint density at radius 3 is 2.69 bits per heavy atom. The number of aromatic nitrogens is 2. The molecule has 2 aromatic rings. The van der Waals surface area contributed by atoms with E-state index in [9.17, 15) is 10.1 Å². The summed E-state index contributed by atoms with van der Waals surface area (Å²) >= 11 is 6.25. The van der Waals surface area contributed by atoms with Crippen LogP contribution in [0.4, 0.5) is 0 Å². The van der Waals surface area contributed by atoms with Gasteiger partial charge in [-0.15, -0.1) is 0 Å². The highest BCUT2D eigenvalue weighted by Gasteiger charge is 2.26. The van der Waals surface area contributed by atoms with E-state index in [0.717, 1.165) is 42.5 Å². The number of ketones is 1. The van der Waals surface area contributed by atoms with E-state index in [0.29, 0.717) is 35.3 Å². The molecular formula is C21H26ClN3O. The molecule has 138 valence electrons. The second-order valence-electron chi connectivity index (χ2n) is 8.51. The van der Waals surface area contributed by atoms with E-state index < -0.39 is 0 Å². The number of benzene rings is 1. The minimum absolute atomic E-state index is 0.0363. The maximum Gasteiger partial charge on any atom is 0.133 e. The van der Waals surface area contributed by atoms with Gasteiger partial charge in [0.1, 0.15) is 17.7 Å². The fourth-order valence-corrected chi connectivity index (χ4v) is 3.85. The molecule has 0 bridgehead atoms. The molecule has 0 spiro atoms. The monoisotopic (exact) mass is 371 g/mol. The molecule has 0 aliphatic heterocycles. The standard InChI is InChI=1S/C21H26ClN3O/c1-21(2,3)12-15(26)8-5-9-19-24-18-11-10-17(22)16(13-23)20(18)25(19)14-6-4-7-14/h10-11,14H,4-9,12H2,1-3H3. The molecule has 26 heavy (non-hydrogen) atoms. The summed E-state index contributed by atoms with van der Waals surface area (Å²) in [7, 11) is 0. The predicted molar refractivity (Wildman–Crippen MR) is 104 cm³/mol. The van der Waals surface area contributed by atoms with Gasteiger partial charge < -0.3 is 4.57 Å². The number of carbonyl (C=O) groups excluding carboxylic acids is 1. The van der Waals surface area contributed by atoms with Crippen molar-refractivity contribution in [1.29, 1.82) is 5.26 Å². The van der Waals surface area contributed by atoms with E-state index in [2.05, 4.69) is 31.4 Å². The molecule has 1 aromatic carbocycles. The van der Waals surface area contributed by atoms with Gasteiger partial charge in [-0.05, 0) is 43.2 Å². The number of hydrogen-bond acceptors (Lipinski definition) is 3. The molecule has 0 saturated heterocycles. The summed E-state index contributed by atoms with van der Waals surface area (Å²) in [6.07, 6.45) is 6.16. The summed E-state index contributed by atoms with van der Waals surface area (Å²) in [6, 6.07) is 6.28. The van der Waals surface area contributed by atoms with Crippen LogP contribution in [0.5, 0.6) is 0 Å². The van der Waals surface area contributed by atoms with Gasteiger partial charge in [-0.2, -0.15) is 5.26 Å². The van der Waals surface area contributed by atoms with Crippen molar-refractivity contribution in [1.82, 2.24) is 9.55 Å². The minimum atomic E-state index is 0.0363. The van der Waals surface area contributed by atoms with Crippen LogP contribution in [0, 0.1) is 16.7 Å². The first kappa shape index (κ1) is 18.9. The number of rotatable bonds is 6. The fourth-order valence-electron chi connectivity index (χ4n) is 3.66. The maximum atomic E-state index is 12.2. The van der Waals surface area contributed by atoms with Gasteiger partial charge >= 0.3 is 0 Å².